The van der Waals surface area contributed by atoms with Gasteiger partial charge in [0, 0.05) is 17.4 Å². The van der Waals surface area contributed by atoms with E-state index in [1.807, 2.05) is 0 Å². The summed E-state index contributed by atoms with van der Waals surface area (Å²) in [6.45, 7) is 4.58. The van der Waals surface area contributed by atoms with Crippen molar-refractivity contribution >= 4 is 17.2 Å². The molecule has 1 aromatic carbocycles. The molecule has 1 aliphatic heterocycles. The van der Waals surface area contributed by atoms with Crippen LogP contribution in [0.1, 0.15) is 54.7 Å². The zero-order chi connectivity index (χ0) is 13.7. The molecule has 2 aromatic rings. The number of hydrogen-bond acceptors (Lipinski definition) is 3. The summed E-state index contributed by atoms with van der Waals surface area (Å²) in [6.07, 6.45) is 7.36. The SMILES string of the molecule is Cc1ccccc1N1[C@@H](C)c2sncc2C12CCCC2. The van der Waals surface area contributed by atoms with Crippen LogP contribution in [0.5, 0.6) is 0 Å². The number of hydrogen-bond donors (Lipinski definition) is 0. The van der Waals surface area contributed by atoms with Gasteiger partial charge >= 0.3 is 0 Å². The number of fused-ring (bicyclic) bond motifs is 2. The Morgan fingerprint density at radius 2 is 2.00 bits per heavy atom. The molecule has 1 aromatic heterocycles. The van der Waals surface area contributed by atoms with E-state index in [1.54, 1.807) is 11.5 Å². The lowest BCUT2D eigenvalue weighted by atomic mass is 9.90. The van der Waals surface area contributed by atoms with Crippen molar-refractivity contribution in [3.8, 4) is 0 Å². The first kappa shape index (κ1) is 12.4. The second-order valence-corrected chi connectivity index (χ2v) is 7.01. The van der Waals surface area contributed by atoms with E-state index in [2.05, 4.69) is 53.6 Å². The fraction of sp³-hybridized carbons (Fsp3) is 0.471. The molecule has 2 heterocycles. The molecule has 104 valence electrons. The minimum Gasteiger partial charge on any atom is -0.354 e. The highest BCUT2D eigenvalue weighted by molar-refractivity contribution is 7.06. The standard InChI is InChI=1S/C17H20N2S/c1-12-7-3-4-8-15(12)19-13(2)16-14(11-18-20-16)17(19)9-5-6-10-17/h3-4,7-8,11,13H,5-6,9-10H2,1-2H3/t13-/m0/s1. The second-order valence-electron chi connectivity index (χ2n) is 6.17. The first-order valence-electron chi connectivity index (χ1n) is 7.54. The van der Waals surface area contributed by atoms with E-state index in [-0.39, 0.29) is 5.54 Å². The van der Waals surface area contributed by atoms with Gasteiger partial charge in [0.1, 0.15) is 0 Å². The van der Waals surface area contributed by atoms with Gasteiger partial charge in [-0.2, -0.15) is 0 Å². The van der Waals surface area contributed by atoms with Crippen molar-refractivity contribution in [2.75, 3.05) is 4.90 Å². The van der Waals surface area contributed by atoms with Gasteiger partial charge in [-0.1, -0.05) is 31.0 Å². The van der Waals surface area contributed by atoms with Crippen molar-refractivity contribution in [2.24, 2.45) is 0 Å². The highest BCUT2D eigenvalue weighted by atomic mass is 32.1. The molecule has 1 spiro atoms. The first-order chi connectivity index (χ1) is 9.74. The molecule has 2 nitrogen and oxygen atoms in total. The Balaban J connectivity index is 1.91. The van der Waals surface area contributed by atoms with Crippen LogP contribution in [0.2, 0.25) is 0 Å². The average Bonchev–Trinajstić information content (AvgIpc) is 3.12. The van der Waals surface area contributed by atoms with Crippen LogP contribution in [0.25, 0.3) is 0 Å². The molecule has 0 bridgehead atoms. The van der Waals surface area contributed by atoms with Crippen LogP contribution >= 0.6 is 11.5 Å². The largest absolute Gasteiger partial charge is 0.354 e. The molecule has 20 heavy (non-hydrogen) atoms. The molecule has 1 saturated carbocycles. The number of benzene rings is 1. The van der Waals surface area contributed by atoms with Gasteiger partial charge in [0.25, 0.3) is 0 Å². The summed E-state index contributed by atoms with van der Waals surface area (Å²) in [5.41, 5.74) is 4.52. The van der Waals surface area contributed by atoms with Crippen LogP contribution in [0.3, 0.4) is 0 Å². The van der Waals surface area contributed by atoms with Crippen molar-refractivity contribution in [1.82, 2.24) is 4.37 Å². The number of aromatic nitrogens is 1. The van der Waals surface area contributed by atoms with E-state index in [4.69, 9.17) is 0 Å². The summed E-state index contributed by atoms with van der Waals surface area (Å²) in [4.78, 5) is 4.17. The van der Waals surface area contributed by atoms with Crippen LogP contribution in [0, 0.1) is 6.92 Å². The summed E-state index contributed by atoms with van der Waals surface area (Å²) in [6, 6.07) is 9.28. The molecule has 0 amide bonds. The molecular formula is C17H20N2S. The third kappa shape index (κ3) is 1.47. The van der Waals surface area contributed by atoms with E-state index in [9.17, 15) is 0 Å². The van der Waals surface area contributed by atoms with Crippen LogP contribution in [-0.2, 0) is 5.54 Å². The molecule has 1 fully saturated rings. The Kier molecular flexibility index (Phi) is 2.68. The summed E-state index contributed by atoms with van der Waals surface area (Å²) in [7, 11) is 0. The van der Waals surface area contributed by atoms with E-state index in [0.29, 0.717) is 6.04 Å². The lowest BCUT2D eigenvalue weighted by Crippen LogP contribution is -2.40. The average molecular weight is 284 g/mol. The minimum atomic E-state index is 0.216. The van der Waals surface area contributed by atoms with Gasteiger partial charge < -0.3 is 4.90 Å². The highest BCUT2D eigenvalue weighted by Gasteiger charge is 2.51. The molecule has 1 aliphatic carbocycles. The molecule has 0 unspecified atom stereocenters. The summed E-state index contributed by atoms with van der Waals surface area (Å²) in [5.74, 6) is 0. The molecule has 0 radical (unpaired) electrons. The summed E-state index contributed by atoms with van der Waals surface area (Å²) in [5, 5.41) is 0. The van der Waals surface area contributed by atoms with Gasteiger partial charge in [0.15, 0.2) is 0 Å². The fourth-order valence-electron chi connectivity index (χ4n) is 4.26. The minimum absolute atomic E-state index is 0.216. The number of anilines is 1. The van der Waals surface area contributed by atoms with E-state index >= 15 is 0 Å². The van der Waals surface area contributed by atoms with Gasteiger partial charge in [0.05, 0.1) is 16.5 Å². The first-order valence-corrected chi connectivity index (χ1v) is 8.31. The van der Waals surface area contributed by atoms with Crippen LogP contribution in [0.15, 0.2) is 30.5 Å². The summed E-state index contributed by atoms with van der Waals surface area (Å²) < 4.78 is 4.48. The molecule has 1 atom stereocenters. The van der Waals surface area contributed by atoms with Crippen molar-refractivity contribution in [3.63, 3.8) is 0 Å². The third-order valence-corrected chi connectivity index (χ3v) is 6.10. The van der Waals surface area contributed by atoms with Crippen LogP contribution in [-0.4, -0.2) is 4.37 Å². The Hall–Kier alpha value is -1.35. The maximum Gasteiger partial charge on any atom is 0.0687 e. The second kappa shape index (κ2) is 4.32. The molecule has 2 aliphatic rings. The van der Waals surface area contributed by atoms with Crippen molar-refractivity contribution in [2.45, 2.75) is 51.1 Å². The monoisotopic (exact) mass is 284 g/mol. The van der Waals surface area contributed by atoms with E-state index < -0.39 is 0 Å². The number of para-hydroxylation sites is 1. The van der Waals surface area contributed by atoms with Crippen molar-refractivity contribution < 1.29 is 0 Å². The van der Waals surface area contributed by atoms with Gasteiger partial charge in [0.2, 0.25) is 0 Å². The van der Waals surface area contributed by atoms with Gasteiger partial charge in [-0.3, -0.25) is 0 Å². The Bertz CT molecular complexity index is 640. The van der Waals surface area contributed by atoms with Crippen molar-refractivity contribution in [3.05, 3.63) is 46.5 Å². The Morgan fingerprint density at radius 3 is 2.75 bits per heavy atom. The predicted molar refractivity (Wildman–Crippen MR) is 84.3 cm³/mol. The highest BCUT2D eigenvalue weighted by Crippen LogP contribution is 2.57. The van der Waals surface area contributed by atoms with Crippen LogP contribution in [0.4, 0.5) is 5.69 Å². The zero-order valence-electron chi connectivity index (χ0n) is 12.1. The Labute approximate surface area is 124 Å². The molecule has 4 rings (SSSR count). The number of nitrogens with zero attached hydrogens (tertiary/aromatic N) is 2. The lowest BCUT2D eigenvalue weighted by molar-refractivity contribution is 0.415. The predicted octanol–water partition coefficient (Wildman–Crippen LogP) is 4.80. The lowest BCUT2D eigenvalue weighted by Gasteiger charge is -2.41. The summed E-state index contributed by atoms with van der Waals surface area (Å²) >= 11 is 1.69. The molecule has 3 heteroatoms. The van der Waals surface area contributed by atoms with Gasteiger partial charge in [-0.25, -0.2) is 4.37 Å². The number of aryl methyl sites for hydroxylation is 1. The fourth-order valence-corrected chi connectivity index (χ4v) is 5.13. The van der Waals surface area contributed by atoms with E-state index in [1.165, 1.54) is 47.4 Å². The number of rotatable bonds is 1. The van der Waals surface area contributed by atoms with Crippen LogP contribution < -0.4 is 4.90 Å². The molecular weight excluding hydrogens is 264 g/mol. The van der Waals surface area contributed by atoms with Gasteiger partial charge in [-0.05, 0) is 49.9 Å². The maximum atomic E-state index is 4.48. The zero-order valence-corrected chi connectivity index (χ0v) is 12.9. The smallest absolute Gasteiger partial charge is 0.0687 e. The Morgan fingerprint density at radius 1 is 1.25 bits per heavy atom. The third-order valence-electron chi connectivity index (χ3n) is 5.13. The quantitative estimate of drug-likeness (QED) is 0.747. The molecule has 0 saturated heterocycles. The van der Waals surface area contributed by atoms with Gasteiger partial charge in [-0.15, -0.1) is 0 Å². The molecule has 0 N–H and O–H groups in total. The van der Waals surface area contributed by atoms with E-state index in [0.717, 1.165) is 0 Å². The normalized spacial score (nSPS) is 23.5. The topological polar surface area (TPSA) is 16.1 Å². The maximum absolute atomic E-state index is 4.48. The van der Waals surface area contributed by atoms with Crippen molar-refractivity contribution in [1.29, 1.82) is 0 Å².